The third-order valence-electron chi connectivity index (χ3n) is 3.48. The number of hydrogen-bond donors (Lipinski definition) is 2. The van der Waals surface area contributed by atoms with Crippen LogP contribution in [0.2, 0.25) is 0 Å². The summed E-state index contributed by atoms with van der Waals surface area (Å²) < 4.78 is 1.75. The molecule has 1 amide bonds. The standard InChI is InChI=1S/C15H21N5O/c1-15(2,9-16)14(21)18-7-12-5-3-4-6-13(12)8-20-11-17-10-19-20/h3-6,10-11H,7-9,16H2,1-2H3,(H,18,21). The zero-order valence-electron chi connectivity index (χ0n) is 12.4. The summed E-state index contributed by atoms with van der Waals surface area (Å²) in [6.45, 7) is 5.10. The first-order valence-electron chi connectivity index (χ1n) is 6.90. The Hall–Kier alpha value is -2.21. The number of amides is 1. The number of hydrogen-bond acceptors (Lipinski definition) is 4. The number of benzene rings is 1. The van der Waals surface area contributed by atoms with Crippen molar-refractivity contribution in [3.63, 3.8) is 0 Å². The lowest BCUT2D eigenvalue weighted by Crippen LogP contribution is -2.41. The van der Waals surface area contributed by atoms with Crippen LogP contribution >= 0.6 is 0 Å². The molecular weight excluding hydrogens is 266 g/mol. The van der Waals surface area contributed by atoms with Gasteiger partial charge in [-0.25, -0.2) is 9.67 Å². The molecule has 1 aromatic carbocycles. The normalized spacial score (nSPS) is 11.4. The van der Waals surface area contributed by atoms with Crippen LogP contribution in [0.1, 0.15) is 25.0 Å². The van der Waals surface area contributed by atoms with Crippen LogP contribution in [-0.4, -0.2) is 27.2 Å². The van der Waals surface area contributed by atoms with E-state index in [4.69, 9.17) is 5.73 Å². The highest BCUT2D eigenvalue weighted by Crippen LogP contribution is 2.14. The topological polar surface area (TPSA) is 85.8 Å². The molecule has 2 aromatic rings. The van der Waals surface area contributed by atoms with Gasteiger partial charge in [-0.2, -0.15) is 5.10 Å². The van der Waals surface area contributed by atoms with Gasteiger partial charge in [0.15, 0.2) is 0 Å². The Morgan fingerprint density at radius 1 is 1.33 bits per heavy atom. The Bertz CT molecular complexity index is 592. The second-order valence-electron chi connectivity index (χ2n) is 5.63. The molecule has 0 spiro atoms. The average Bonchev–Trinajstić information content (AvgIpc) is 2.99. The lowest BCUT2D eigenvalue weighted by Gasteiger charge is -2.21. The zero-order chi connectivity index (χ0) is 15.3. The average molecular weight is 287 g/mol. The first kappa shape index (κ1) is 15.2. The van der Waals surface area contributed by atoms with Crippen LogP contribution in [0.4, 0.5) is 0 Å². The molecule has 2 rings (SSSR count). The van der Waals surface area contributed by atoms with E-state index < -0.39 is 5.41 Å². The van der Waals surface area contributed by atoms with E-state index >= 15 is 0 Å². The maximum Gasteiger partial charge on any atom is 0.227 e. The Labute approximate surface area is 124 Å². The number of aromatic nitrogens is 3. The Balaban J connectivity index is 2.05. The molecule has 1 aromatic heterocycles. The van der Waals surface area contributed by atoms with Crippen LogP contribution in [0, 0.1) is 5.41 Å². The van der Waals surface area contributed by atoms with Crippen molar-refractivity contribution >= 4 is 5.91 Å². The highest BCUT2D eigenvalue weighted by atomic mass is 16.2. The van der Waals surface area contributed by atoms with Crippen molar-refractivity contribution in [2.24, 2.45) is 11.1 Å². The fourth-order valence-corrected chi connectivity index (χ4v) is 1.88. The molecule has 0 atom stereocenters. The highest BCUT2D eigenvalue weighted by molar-refractivity contribution is 5.82. The van der Waals surface area contributed by atoms with Crippen molar-refractivity contribution in [3.05, 3.63) is 48.0 Å². The zero-order valence-corrected chi connectivity index (χ0v) is 12.4. The fraction of sp³-hybridized carbons (Fsp3) is 0.400. The van der Waals surface area contributed by atoms with Crippen molar-refractivity contribution in [2.75, 3.05) is 6.54 Å². The van der Waals surface area contributed by atoms with E-state index in [2.05, 4.69) is 15.4 Å². The van der Waals surface area contributed by atoms with Crippen molar-refractivity contribution in [2.45, 2.75) is 26.9 Å². The van der Waals surface area contributed by atoms with Gasteiger partial charge in [0.25, 0.3) is 0 Å². The number of rotatable bonds is 6. The van der Waals surface area contributed by atoms with Crippen molar-refractivity contribution in [1.82, 2.24) is 20.1 Å². The van der Waals surface area contributed by atoms with Gasteiger partial charge in [0.05, 0.1) is 12.0 Å². The Morgan fingerprint density at radius 2 is 2.05 bits per heavy atom. The van der Waals surface area contributed by atoms with E-state index in [1.54, 1.807) is 11.0 Å². The minimum Gasteiger partial charge on any atom is -0.352 e. The predicted octanol–water partition coefficient (Wildman–Crippen LogP) is 0.927. The molecule has 21 heavy (non-hydrogen) atoms. The van der Waals surface area contributed by atoms with Crippen molar-refractivity contribution < 1.29 is 4.79 Å². The maximum atomic E-state index is 12.1. The van der Waals surface area contributed by atoms with Crippen LogP contribution in [0.3, 0.4) is 0 Å². The second-order valence-corrected chi connectivity index (χ2v) is 5.63. The van der Waals surface area contributed by atoms with Gasteiger partial charge in [0, 0.05) is 13.1 Å². The first-order chi connectivity index (χ1) is 10.0. The van der Waals surface area contributed by atoms with E-state index in [9.17, 15) is 4.79 Å². The van der Waals surface area contributed by atoms with Gasteiger partial charge >= 0.3 is 0 Å². The second kappa shape index (κ2) is 6.49. The summed E-state index contributed by atoms with van der Waals surface area (Å²) in [5.41, 5.74) is 7.23. The number of nitrogens with one attached hydrogen (secondary N) is 1. The van der Waals surface area contributed by atoms with Gasteiger partial charge < -0.3 is 11.1 Å². The number of nitrogens with two attached hydrogens (primary N) is 1. The smallest absolute Gasteiger partial charge is 0.227 e. The number of nitrogens with zero attached hydrogens (tertiary/aromatic N) is 3. The SMILES string of the molecule is CC(C)(CN)C(=O)NCc1ccccc1Cn1cncn1. The molecular formula is C15H21N5O. The summed E-state index contributed by atoms with van der Waals surface area (Å²) in [6.07, 6.45) is 3.18. The molecule has 1 heterocycles. The fourth-order valence-electron chi connectivity index (χ4n) is 1.88. The molecule has 0 fully saturated rings. The highest BCUT2D eigenvalue weighted by Gasteiger charge is 2.25. The quantitative estimate of drug-likeness (QED) is 0.827. The Kier molecular flexibility index (Phi) is 4.70. The molecule has 0 aliphatic rings. The molecule has 0 saturated carbocycles. The van der Waals surface area contributed by atoms with Gasteiger partial charge in [0.1, 0.15) is 12.7 Å². The molecule has 0 radical (unpaired) electrons. The monoisotopic (exact) mass is 287 g/mol. The van der Waals surface area contributed by atoms with E-state index in [0.29, 0.717) is 19.6 Å². The third kappa shape index (κ3) is 3.88. The van der Waals surface area contributed by atoms with Gasteiger partial charge in [-0.05, 0) is 25.0 Å². The summed E-state index contributed by atoms with van der Waals surface area (Å²) in [5, 5.41) is 7.05. The van der Waals surface area contributed by atoms with E-state index in [1.165, 1.54) is 6.33 Å². The molecule has 0 aliphatic heterocycles. The van der Waals surface area contributed by atoms with Gasteiger partial charge in [-0.3, -0.25) is 4.79 Å². The molecule has 0 saturated heterocycles. The van der Waals surface area contributed by atoms with Gasteiger partial charge in [-0.1, -0.05) is 24.3 Å². The molecule has 0 unspecified atom stereocenters. The van der Waals surface area contributed by atoms with Crippen LogP contribution < -0.4 is 11.1 Å². The molecule has 6 heteroatoms. The predicted molar refractivity (Wildman–Crippen MR) is 80.2 cm³/mol. The lowest BCUT2D eigenvalue weighted by molar-refractivity contribution is -0.129. The van der Waals surface area contributed by atoms with E-state index in [-0.39, 0.29) is 5.91 Å². The minimum atomic E-state index is -0.555. The molecule has 0 bridgehead atoms. The van der Waals surface area contributed by atoms with Crippen LogP contribution in [-0.2, 0) is 17.9 Å². The number of carbonyl (C=O) groups excluding carboxylic acids is 1. The van der Waals surface area contributed by atoms with Crippen molar-refractivity contribution in [3.8, 4) is 0 Å². The summed E-state index contributed by atoms with van der Waals surface area (Å²) in [4.78, 5) is 16.0. The first-order valence-corrected chi connectivity index (χ1v) is 6.90. The van der Waals surface area contributed by atoms with Crippen LogP contribution in [0.15, 0.2) is 36.9 Å². The van der Waals surface area contributed by atoms with Crippen molar-refractivity contribution in [1.29, 1.82) is 0 Å². The van der Waals surface area contributed by atoms with Gasteiger partial charge in [0.2, 0.25) is 5.91 Å². The molecule has 3 N–H and O–H groups in total. The third-order valence-corrected chi connectivity index (χ3v) is 3.48. The molecule has 6 nitrogen and oxygen atoms in total. The maximum absolute atomic E-state index is 12.1. The molecule has 112 valence electrons. The summed E-state index contributed by atoms with van der Waals surface area (Å²) >= 11 is 0. The Morgan fingerprint density at radius 3 is 2.67 bits per heavy atom. The number of carbonyl (C=O) groups is 1. The van der Waals surface area contributed by atoms with Crippen LogP contribution in [0.25, 0.3) is 0 Å². The largest absolute Gasteiger partial charge is 0.352 e. The van der Waals surface area contributed by atoms with Crippen LogP contribution in [0.5, 0.6) is 0 Å². The molecule has 0 aliphatic carbocycles. The van der Waals surface area contributed by atoms with E-state index in [1.807, 2.05) is 38.1 Å². The minimum absolute atomic E-state index is 0.0411. The summed E-state index contributed by atoms with van der Waals surface area (Å²) in [7, 11) is 0. The summed E-state index contributed by atoms with van der Waals surface area (Å²) in [5.74, 6) is -0.0411. The summed E-state index contributed by atoms with van der Waals surface area (Å²) in [6, 6.07) is 7.96. The van der Waals surface area contributed by atoms with Gasteiger partial charge in [-0.15, -0.1) is 0 Å². The van der Waals surface area contributed by atoms with E-state index in [0.717, 1.165) is 11.1 Å². The lowest BCUT2D eigenvalue weighted by atomic mass is 9.92.